The fourth-order valence-electron chi connectivity index (χ4n) is 2.98. The molecular formula is C19H24N2O4S3. The van der Waals surface area contributed by atoms with Gasteiger partial charge in [-0.15, -0.1) is 11.8 Å². The molecule has 1 heterocycles. The van der Waals surface area contributed by atoms with Crippen LogP contribution in [0.15, 0.2) is 63.2 Å². The van der Waals surface area contributed by atoms with Crippen molar-refractivity contribution in [3.63, 3.8) is 0 Å². The lowest BCUT2D eigenvalue weighted by Crippen LogP contribution is -2.31. The molecular weight excluding hydrogens is 416 g/mol. The molecule has 1 aliphatic heterocycles. The zero-order valence-electron chi connectivity index (χ0n) is 15.8. The number of sulfone groups is 1. The second-order valence-corrected chi connectivity index (χ2v) is 12.1. The Morgan fingerprint density at radius 1 is 0.893 bits per heavy atom. The number of piperidine rings is 1. The number of rotatable bonds is 6. The number of benzene rings is 2. The molecule has 2 aromatic carbocycles. The first kappa shape index (κ1) is 21.2. The van der Waals surface area contributed by atoms with E-state index < -0.39 is 19.9 Å². The third-order valence-electron chi connectivity index (χ3n) is 4.64. The summed E-state index contributed by atoms with van der Waals surface area (Å²) in [6.07, 6.45) is 3.39. The number of sulfonamides is 1. The van der Waals surface area contributed by atoms with Crippen LogP contribution in [-0.4, -0.2) is 53.4 Å². The number of likely N-dealkylation sites (tertiary alicyclic amines) is 1. The van der Waals surface area contributed by atoms with Crippen molar-refractivity contribution in [2.24, 2.45) is 0 Å². The highest BCUT2D eigenvalue weighted by atomic mass is 32.2. The molecule has 1 fully saturated rings. The fraction of sp³-hybridized carbons (Fsp3) is 0.368. The van der Waals surface area contributed by atoms with Gasteiger partial charge in [-0.05, 0) is 81.5 Å². The number of hydrogen-bond donors (Lipinski definition) is 1. The summed E-state index contributed by atoms with van der Waals surface area (Å²) in [4.78, 5) is 3.55. The normalized spacial score (nSPS) is 16.8. The summed E-state index contributed by atoms with van der Waals surface area (Å²) >= 11 is 1.83. The van der Waals surface area contributed by atoms with Crippen molar-refractivity contribution in [1.82, 2.24) is 4.90 Å². The Labute approximate surface area is 171 Å². The molecule has 3 rings (SSSR count). The largest absolute Gasteiger partial charge is 0.306 e. The molecule has 0 amide bonds. The van der Waals surface area contributed by atoms with Gasteiger partial charge in [-0.25, -0.2) is 16.8 Å². The van der Waals surface area contributed by atoms with Gasteiger partial charge in [-0.3, -0.25) is 4.72 Å². The van der Waals surface area contributed by atoms with Crippen molar-refractivity contribution in [1.29, 1.82) is 0 Å². The van der Waals surface area contributed by atoms with E-state index in [0.717, 1.165) is 37.1 Å². The molecule has 9 heteroatoms. The summed E-state index contributed by atoms with van der Waals surface area (Å²) in [6, 6.07) is 12.5. The third kappa shape index (κ3) is 5.50. The van der Waals surface area contributed by atoms with Crippen LogP contribution in [0.4, 0.5) is 5.69 Å². The van der Waals surface area contributed by atoms with Crippen LogP contribution < -0.4 is 4.72 Å². The molecule has 0 spiro atoms. The minimum Gasteiger partial charge on any atom is -0.306 e. The van der Waals surface area contributed by atoms with Gasteiger partial charge in [0.05, 0.1) is 9.79 Å². The Kier molecular flexibility index (Phi) is 6.38. The smallest absolute Gasteiger partial charge is 0.261 e. The highest BCUT2D eigenvalue weighted by molar-refractivity contribution is 8.00. The predicted molar refractivity (Wildman–Crippen MR) is 113 cm³/mol. The van der Waals surface area contributed by atoms with Gasteiger partial charge in [0.25, 0.3) is 10.0 Å². The zero-order valence-corrected chi connectivity index (χ0v) is 18.3. The summed E-state index contributed by atoms with van der Waals surface area (Å²) in [5.74, 6) is 0. The van der Waals surface area contributed by atoms with Gasteiger partial charge >= 0.3 is 0 Å². The maximum Gasteiger partial charge on any atom is 0.261 e. The first-order valence-electron chi connectivity index (χ1n) is 8.92. The molecule has 0 bridgehead atoms. The quantitative estimate of drug-likeness (QED) is 0.743. The lowest BCUT2D eigenvalue weighted by Gasteiger charge is -2.28. The topological polar surface area (TPSA) is 83.6 Å². The third-order valence-corrected chi connectivity index (χ3v) is 8.51. The zero-order chi connectivity index (χ0) is 20.4. The van der Waals surface area contributed by atoms with Gasteiger partial charge in [-0.1, -0.05) is 0 Å². The summed E-state index contributed by atoms with van der Waals surface area (Å²) in [5.41, 5.74) is 0.472. The SMILES string of the molecule is CN1CCC(Sc2ccc(NS(=O)(=O)c3ccc(S(C)(=O)=O)cc3)cc2)CC1. The molecule has 0 unspecified atom stereocenters. The van der Waals surface area contributed by atoms with Gasteiger partial charge in [0.2, 0.25) is 0 Å². The molecule has 1 N–H and O–H groups in total. The minimum absolute atomic E-state index is 0.0182. The molecule has 1 aliphatic rings. The monoisotopic (exact) mass is 440 g/mol. The van der Waals surface area contributed by atoms with Crippen LogP contribution in [0, 0.1) is 0 Å². The Morgan fingerprint density at radius 3 is 1.96 bits per heavy atom. The van der Waals surface area contributed by atoms with E-state index in [1.54, 1.807) is 12.1 Å². The standard InChI is InChI=1S/C19H24N2O4S3/c1-21-13-11-17(12-14-21)26-16-5-3-15(4-6-16)20-28(24,25)19-9-7-18(8-10-19)27(2,22)23/h3-10,17,20H,11-14H2,1-2H3. The van der Waals surface area contributed by atoms with Gasteiger partial charge in [-0.2, -0.15) is 0 Å². The van der Waals surface area contributed by atoms with Crippen LogP contribution in [0.25, 0.3) is 0 Å². The number of nitrogens with one attached hydrogen (secondary N) is 1. The van der Waals surface area contributed by atoms with E-state index in [4.69, 9.17) is 0 Å². The summed E-state index contributed by atoms with van der Waals surface area (Å²) < 4.78 is 50.6. The van der Waals surface area contributed by atoms with Crippen LogP contribution in [0.2, 0.25) is 0 Å². The summed E-state index contributed by atoms with van der Waals surface area (Å²) in [6.45, 7) is 2.21. The molecule has 6 nitrogen and oxygen atoms in total. The van der Waals surface area contributed by atoms with Crippen molar-refractivity contribution in [3.05, 3.63) is 48.5 Å². The molecule has 0 atom stereocenters. The molecule has 152 valence electrons. The average Bonchev–Trinajstić information content (AvgIpc) is 2.64. The van der Waals surface area contributed by atoms with Crippen molar-refractivity contribution < 1.29 is 16.8 Å². The Morgan fingerprint density at radius 2 is 1.43 bits per heavy atom. The summed E-state index contributed by atoms with van der Waals surface area (Å²) in [5, 5.41) is 0.590. The lowest BCUT2D eigenvalue weighted by atomic mass is 10.1. The predicted octanol–water partition coefficient (Wildman–Crippen LogP) is 3.08. The maximum atomic E-state index is 12.5. The van der Waals surface area contributed by atoms with Crippen molar-refractivity contribution in [3.8, 4) is 0 Å². The molecule has 0 aliphatic carbocycles. The van der Waals surface area contributed by atoms with Crippen molar-refractivity contribution in [2.75, 3.05) is 31.1 Å². The number of anilines is 1. The van der Waals surface area contributed by atoms with E-state index in [2.05, 4.69) is 16.7 Å². The van der Waals surface area contributed by atoms with Gasteiger partial charge in [0.1, 0.15) is 0 Å². The van der Waals surface area contributed by atoms with E-state index in [0.29, 0.717) is 10.9 Å². The van der Waals surface area contributed by atoms with Crippen LogP contribution in [-0.2, 0) is 19.9 Å². The van der Waals surface area contributed by atoms with E-state index in [-0.39, 0.29) is 9.79 Å². The molecule has 2 aromatic rings. The summed E-state index contributed by atoms with van der Waals surface area (Å²) in [7, 11) is -5.01. The molecule has 1 saturated heterocycles. The van der Waals surface area contributed by atoms with Crippen LogP contribution in [0.1, 0.15) is 12.8 Å². The van der Waals surface area contributed by atoms with Crippen molar-refractivity contribution >= 4 is 37.3 Å². The molecule has 0 aromatic heterocycles. The van der Waals surface area contributed by atoms with Crippen molar-refractivity contribution in [2.45, 2.75) is 32.8 Å². The number of hydrogen-bond acceptors (Lipinski definition) is 6. The number of nitrogens with zero attached hydrogens (tertiary/aromatic N) is 1. The molecule has 28 heavy (non-hydrogen) atoms. The van der Waals surface area contributed by atoms with E-state index >= 15 is 0 Å². The molecule has 0 saturated carbocycles. The maximum absolute atomic E-state index is 12.5. The Balaban J connectivity index is 1.65. The van der Waals surface area contributed by atoms with Crippen LogP contribution >= 0.6 is 11.8 Å². The highest BCUT2D eigenvalue weighted by Crippen LogP contribution is 2.31. The fourth-order valence-corrected chi connectivity index (χ4v) is 5.79. The first-order chi connectivity index (χ1) is 13.1. The van der Waals surface area contributed by atoms with Crippen LogP contribution in [0.3, 0.4) is 0 Å². The lowest BCUT2D eigenvalue weighted by molar-refractivity contribution is 0.282. The van der Waals surface area contributed by atoms with Gasteiger partial charge in [0, 0.05) is 22.1 Å². The van der Waals surface area contributed by atoms with E-state index in [1.165, 1.54) is 24.3 Å². The van der Waals surface area contributed by atoms with E-state index in [9.17, 15) is 16.8 Å². The molecule has 0 radical (unpaired) electrons. The van der Waals surface area contributed by atoms with Gasteiger partial charge in [0.15, 0.2) is 9.84 Å². The van der Waals surface area contributed by atoms with Crippen LogP contribution in [0.5, 0.6) is 0 Å². The van der Waals surface area contributed by atoms with Gasteiger partial charge < -0.3 is 4.90 Å². The second-order valence-electron chi connectivity index (χ2n) is 6.99. The van der Waals surface area contributed by atoms with E-state index in [1.807, 2.05) is 23.9 Å². The minimum atomic E-state index is -3.78. The Hall–Kier alpha value is -1.55. The first-order valence-corrected chi connectivity index (χ1v) is 13.2. The second kappa shape index (κ2) is 8.44. The average molecular weight is 441 g/mol. The highest BCUT2D eigenvalue weighted by Gasteiger charge is 2.18. The number of thioether (sulfide) groups is 1. The Bertz CT molecular complexity index is 1010.